The largest absolute Gasteiger partial charge is 0.457 e. The number of aromatic nitrogens is 3. The molecule has 0 bridgehead atoms. The first-order chi connectivity index (χ1) is 15.3. The van der Waals surface area contributed by atoms with Gasteiger partial charge in [-0.15, -0.1) is 0 Å². The first-order valence-corrected chi connectivity index (χ1v) is 11.7. The van der Waals surface area contributed by atoms with Gasteiger partial charge in [-0.1, -0.05) is 13.0 Å². The standard InChI is InChI=1S/C23H22N4O4S/c1-3-32(29,30)16-9-7-15(8-10-16)31-21-13-20-19(12-17(21)14(2)22(24)28)26-23(27-20)18-6-4-5-11-25-18/h4-14H,3H2,1-2H3,(H2,24,28)(H,26,27). The maximum atomic E-state index is 12.0. The van der Waals surface area contributed by atoms with Gasteiger partial charge in [0.05, 0.1) is 27.6 Å². The summed E-state index contributed by atoms with van der Waals surface area (Å²) in [6.45, 7) is 3.29. The lowest BCUT2D eigenvalue weighted by Gasteiger charge is -2.15. The number of hydrogen-bond acceptors (Lipinski definition) is 6. The smallest absolute Gasteiger partial charge is 0.224 e. The predicted octanol–water partition coefficient (Wildman–Crippen LogP) is 3.80. The van der Waals surface area contributed by atoms with E-state index >= 15 is 0 Å². The lowest BCUT2D eigenvalue weighted by Crippen LogP contribution is -2.19. The van der Waals surface area contributed by atoms with Gasteiger partial charge < -0.3 is 15.5 Å². The molecule has 2 aromatic heterocycles. The molecule has 9 heteroatoms. The Labute approximate surface area is 185 Å². The second kappa shape index (κ2) is 8.43. The molecule has 8 nitrogen and oxygen atoms in total. The van der Waals surface area contributed by atoms with Crippen LogP contribution in [0.1, 0.15) is 25.3 Å². The van der Waals surface area contributed by atoms with Gasteiger partial charge in [-0.2, -0.15) is 0 Å². The van der Waals surface area contributed by atoms with E-state index in [0.717, 1.165) is 0 Å². The Balaban J connectivity index is 1.76. The fourth-order valence-corrected chi connectivity index (χ4v) is 4.15. The summed E-state index contributed by atoms with van der Waals surface area (Å²) in [5, 5.41) is 0. The minimum atomic E-state index is -3.31. The summed E-state index contributed by atoms with van der Waals surface area (Å²) in [6.07, 6.45) is 1.68. The third-order valence-electron chi connectivity index (χ3n) is 5.20. The summed E-state index contributed by atoms with van der Waals surface area (Å²) in [6, 6.07) is 15.2. The molecule has 0 fully saturated rings. The zero-order valence-electron chi connectivity index (χ0n) is 17.6. The molecule has 1 unspecified atom stereocenters. The number of ether oxygens (including phenoxy) is 1. The predicted molar refractivity (Wildman–Crippen MR) is 121 cm³/mol. The molecule has 0 radical (unpaired) electrons. The van der Waals surface area contributed by atoms with Crippen molar-refractivity contribution in [3.63, 3.8) is 0 Å². The molecule has 164 valence electrons. The summed E-state index contributed by atoms with van der Waals surface area (Å²) in [5.41, 5.74) is 8.17. The molecular weight excluding hydrogens is 428 g/mol. The molecule has 0 aliphatic rings. The molecule has 0 saturated heterocycles. The quantitative estimate of drug-likeness (QED) is 0.441. The number of nitrogens with zero attached hydrogens (tertiary/aromatic N) is 2. The van der Waals surface area contributed by atoms with Crippen LogP contribution < -0.4 is 10.5 Å². The molecule has 0 spiro atoms. The van der Waals surface area contributed by atoms with Crippen molar-refractivity contribution in [1.82, 2.24) is 15.0 Å². The highest BCUT2D eigenvalue weighted by Crippen LogP contribution is 2.35. The van der Waals surface area contributed by atoms with Gasteiger partial charge in [0.2, 0.25) is 5.91 Å². The number of fused-ring (bicyclic) bond motifs is 1. The number of carbonyl (C=O) groups is 1. The fraction of sp³-hybridized carbons (Fsp3) is 0.174. The highest BCUT2D eigenvalue weighted by Gasteiger charge is 2.20. The van der Waals surface area contributed by atoms with E-state index < -0.39 is 21.7 Å². The van der Waals surface area contributed by atoms with Gasteiger partial charge in [0.25, 0.3) is 0 Å². The van der Waals surface area contributed by atoms with Crippen LogP contribution in [-0.2, 0) is 14.6 Å². The van der Waals surface area contributed by atoms with Gasteiger partial charge in [-0.3, -0.25) is 9.78 Å². The number of carbonyl (C=O) groups excluding carboxylic acids is 1. The van der Waals surface area contributed by atoms with Gasteiger partial charge in [0.1, 0.15) is 17.2 Å². The minimum absolute atomic E-state index is 0.0158. The third-order valence-corrected chi connectivity index (χ3v) is 6.96. The number of aromatic amines is 1. The topological polar surface area (TPSA) is 128 Å². The van der Waals surface area contributed by atoms with Crippen molar-refractivity contribution in [3.05, 3.63) is 66.4 Å². The average Bonchev–Trinajstić information content (AvgIpc) is 3.22. The lowest BCUT2D eigenvalue weighted by molar-refractivity contribution is -0.119. The van der Waals surface area contributed by atoms with E-state index in [1.165, 1.54) is 12.1 Å². The van der Waals surface area contributed by atoms with Gasteiger partial charge in [0, 0.05) is 17.8 Å². The zero-order valence-corrected chi connectivity index (χ0v) is 18.4. The Morgan fingerprint density at radius 3 is 2.53 bits per heavy atom. The molecule has 2 aromatic carbocycles. The van der Waals surface area contributed by atoms with Crippen LogP contribution in [0.15, 0.2) is 65.7 Å². The molecule has 4 aromatic rings. The SMILES string of the molecule is CCS(=O)(=O)c1ccc(Oc2cc3nc(-c4ccccn4)[nH]c3cc2C(C)C(N)=O)cc1. The van der Waals surface area contributed by atoms with E-state index in [2.05, 4.69) is 15.0 Å². The van der Waals surface area contributed by atoms with Crippen molar-refractivity contribution in [2.75, 3.05) is 5.75 Å². The van der Waals surface area contributed by atoms with Crippen molar-refractivity contribution in [3.8, 4) is 23.0 Å². The van der Waals surface area contributed by atoms with Crippen LogP contribution in [0.4, 0.5) is 0 Å². The molecule has 1 amide bonds. The highest BCUT2D eigenvalue weighted by molar-refractivity contribution is 7.91. The van der Waals surface area contributed by atoms with E-state index in [1.54, 1.807) is 44.3 Å². The van der Waals surface area contributed by atoms with E-state index in [4.69, 9.17) is 10.5 Å². The van der Waals surface area contributed by atoms with E-state index in [9.17, 15) is 13.2 Å². The van der Waals surface area contributed by atoms with Crippen molar-refractivity contribution < 1.29 is 17.9 Å². The monoisotopic (exact) mass is 450 g/mol. The van der Waals surface area contributed by atoms with E-state index in [-0.39, 0.29) is 10.6 Å². The summed E-state index contributed by atoms with van der Waals surface area (Å²) in [7, 11) is -3.31. The van der Waals surface area contributed by atoms with Crippen LogP contribution in [0, 0.1) is 0 Å². The molecule has 32 heavy (non-hydrogen) atoms. The molecule has 0 saturated carbocycles. The third kappa shape index (κ3) is 4.19. The van der Waals surface area contributed by atoms with Crippen LogP contribution in [0.25, 0.3) is 22.6 Å². The normalized spacial score (nSPS) is 12.6. The van der Waals surface area contributed by atoms with Crippen molar-refractivity contribution in [2.45, 2.75) is 24.7 Å². The fourth-order valence-electron chi connectivity index (χ4n) is 3.27. The molecule has 1 atom stereocenters. The van der Waals surface area contributed by atoms with Gasteiger partial charge in [-0.05, 0) is 49.4 Å². The number of rotatable bonds is 7. The second-order valence-corrected chi connectivity index (χ2v) is 9.59. The van der Waals surface area contributed by atoms with Gasteiger partial charge in [0.15, 0.2) is 15.7 Å². The minimum Gasteiger partial charge on any atom is -0.457 e. The number of nitrogens with two attached hydrogens (primary N) is 1. The van der Waals surface area contributed by atoms with Crippen LogP contribution >= 0.6 is 0 Å². The Bertz CT molecular complexity index is 1380. The van der Waals surface area contributed by atoms with Crippen molar-refractivity contribution in [2.24, 2.45) is 5.73 Å². The van der Waals surface area contributed by atoms with Gasteiger partial charge >= 0.3 is 0 Å². The molecule has 3 N–H and O–H groups in total. The first-order valence-electron chi connectivity index (χ1n) is 10.0. The number of H-pyrrole nitrogens is 1. The Morgan fingerprint density at radius 1 is 1.16 bits per heavy atom. The molecule has 4 rings (SSSR count). The number of pyridine rings is 1. The van der Waals surface area contributed by atoms with E-state index in [1.807, 2.05) is 18.2 Å². The summed E-state index contributed by atoms with van der Waals surface area (Å²) in [5.74, 6) is 0.331. The maximum Gasteiger partial charge on any atom is 0.224 e. The van der Waals surface area contributed by atoms with Crippen LogP contribution in [0.2, 0.25) is 0 Å². The van der Waals surface area contributed by atoms with Crippen LogP contribution in [0.5, 0.6) is 11.5 Å². The number of amides is 1. The Kier molecular flexibility index (Phi) is 5.67. The Hall–Kier alpha value is -3.72. The number of imidazole rings is 1. The number of hydrogen-bond donors (Lipinski definition) is 2. The first kappa shape index (κ1) is 21.5. The number of primary amides is 1. The average molecular weight is 451 g/mol. The highest BCUT2D eigenvalue weighted by atomic mass is 32.2. The lowest BCUT2D eigenvalue weighted by atomic mass is 9.99. The summed E-state index contributed by atoms with van der Waals surface area (Å²) < 4.78 is 30.1. The van der Waals surface area contributed by atoms with Crippen molar-refractivity contribution in [1.29, 1.82) is 0 Å². The zero-order chi connectivity index (χ0) is 22.9. The molecule has 0 aliphatic heterocycles. The number of sulfone groups is 1. The van der Waals surface area contributed by atoms with E-state index in [0.29, 0.717) is 39.6 Å². The molecule has 2 heterocycles. The second-order valence-electron chi connectivity index (χ2n) is 7.31. The number of nitrogens with one attached hydrogen (secondary N) is 1. The maximum absolute atomic E-state index is 12.0. The van der Waals surface area contributed by atoms with Crippen LogP contribution in [-0.4, -0.2) is 35.0 Å². The summed E-state index contributed by atoms with van der Waals surface area (Å²) >= 11 is 0. The number of benzene rings is 2. The van der Waals surface area contributed by atoms with Crippen molar-refractivity contribution >= 4 is 26.8 Å². The molecular formula is C23H22N4O4S. The molecule has 0 aliphatic carbocycles. The van der Waals surface area contributed by atoms with Gasteiger partial charge in [-0.25, -0.2) is 13.4 Å². The van der Waals surface area contributed by atoms with Crippen LogP contribution in [0.3, 0.4) is 0 Å². The Morgan fingerprint density at radius 2 is 1.91 bits per heavy atom. The summed E-state index contributed by atoms with van der Waals surface area (Å²) in [4.78, 5) is 24.3.